The van der Waals surface area contributed by atoms with E-state index in [9.17, 15) is 0 Å². The summed E-state index contributed by atoms with van der Waals surface area (Å²) in [6, 6.07) is 0. The van der Waals surface area contributed by atoms with Gasteiger partial charge < -0.3 is 15.4 Å². The second-order valence-corrected chi connectivity index (χ2v) is 4.82. The number of nitrogen functional groups attached to an aromatic ring is 1. The molecule has 0 aliphatic rings. The Hall–Kier alpha value is -0.970. The lowest BCUT2D eigenvalue weighted by Gasteiger charge is -2.23. The summed E-state index contributed by atoms with van der Waals surface area (Å²) < 4.78 is 9.72. The molecule has 0 radical (unpaired) electrons. The Balaban J connectivity index is 2.90. The number of ether oxygens (including phenoxy) is 1. The fraction of sp³-hybridized carbons (Fsp3) is 0.727. The highest BCUT2D eigenvalue weighted by Gasteiger charge is 2.18. The Morgan fingerprint density at radius 2 is 2.12 bits per heavy atom. The SMILES string of the molecule is CCOc1c(N)nsc1N(CC)CC(C)C. The molecule has 2 N–H and O–H groups in total. The van der Waals surface area contributed by atoms with Crippen LogP contribution in [0.15, 0.2) is 0 Å². The molecule has 92 valence electrons. The molecule has 0 atom stereocenters. The molecule has 0 amide bonds. The highest BCUT2D eigenvalue weighted by atomic mass is 32.1. The van der Waals surface area contributed by atoms with Gasteiger partial charge >= 0.3 is 0 Å². The summed E-state index contributed by atoms with van der Waals surface area (Å²) >= 11 is 1.42. The normalized spacial score (nSPS) is 10.8. The fourth-order valence-electron chi connectivity index (χ4n) is 1.56. The molecular weight excluding hydrogens is 222 g/mol. The van der Waals surface area contributed by atoms with E-state index in [4.69, 9.17) is 10.5 Å². The van der Waals surface area contributed by atoms with Crippen LogP contribution in [0.2, 0.25) is 0 Å². The average Bonchev–Trinajstić information content (AvgIpc) is 2.58. The summed E-state index contributed by atoms with van der Waals surface area (Å²) in [7, 11) is 0. The number of hydrogen-bond donors (Lipinski definition) is 1. The van der Waals surface area contributed by atoms with Gasteiger partial charge in [-0.1, -0.05) is 13.8 Å². The largest absolute Gasteiger partial charge is 0.487 e. The lowest BCUT2D eigenvalue weighted by molar-refractivity contribution is 0.342. The van der Waals surface area contributed by atoms with Gasteiger partial charge in [-0.25, -0.2) is 0 Å². The second-order valence-electron chi connectivity index (χ2n) is 4.07. The summed E-state index contributed by atoms with van der Waals surface area (Å²) in [6.07, 6.45) is 0. The van der Waals surface area contributed by atoms with Crippen LogP contribution < -0.4 is 15.4 Å². The van der Waals surface area contributed by atoms with Crippen LogP contribution >= 0.6 is 11.5 Å². The van der Waals surface area contributed by atoms with E-state index in [2.05, 4.69) is 30.0 Å². The van der Waals surface area contributed by atoms with E-state index in [1.165, 1.54) is 11.5 Å². The number of anilines is 2. The predicted octanol–water partition coefficient (Wildman–Crippen LogP) is 2.61. The van der Waals surface area contributed by atoms with Crippen molar-refractivity contribution in [2.75, 3.05) is 30.3 Å². The Bertz CT molecular complexity index is 325. The Morgan fingerprint density at radius 1 is 1.44 bits per heavy atom. The number of rotatable bonds is 6. The van der Waals surface area contributed by atoms with Crippen LogP contribution in [-0.4, -0.2) is 24.1 Å². The van der Waals surface area contributed by atoms with Crippen molar-refractivity contribution >= 4 is 22.4 Å². The highest BCUT2D eigenvalue weighted by Crippen LogP contribution is 2.38. The molecule has 16 heavy (non-hydrogen) atoms. The molecule has 0 unspecified atom stereocenters. The average molecular weight is 243 g/mol. The van der Waals surface area contributed by atoms with Gasteiger partial charge in [0.05, 0.1) is 6.61 Å². The van der Waals surface area contributed by atoms with E-state index < -0.39 is 0 Å². The summed E-state index contributed by atoms with van der Waals surface area (Å²) in [5.74, 6) is 1.86. The summed E-state index contributed by atoms with van der Waals surface area (Å²) in [5.41, 5.74) is 5.80. The number of aromatic nitrogens is 1. The second kappa shape index (κ2) is 5.94. The lowest BCUT2D eigenvalue weighted by atomic mass is 10.2. The van der Waals surface area contributed by atoms with Gasteiger partial charge in [-0.15, -0.1) is 0 Å². The highest BCUT2D eigenvalue weighted by molar-refractivity contribution is 7.11. The van der Waals surface area contributed by atoms with Crippen molar-refractivity contribution < 1.29 is 4.74 Å². The minimum Gasteiger partial charge on any atom is -0.487 e. The molecule has 0 aromatic carbocycles. The molecule has 1 rings (SSSR count). The van der Waals surface area contributed by atoms with Crippen molar-refractivity contribution in [2.24, 2.45) is 5.92 Å². The monoisotopic (exact) mass is 243 g/mol. The molecule has 0 saturated heterocycles. The third-order valence-electron chi connectivity index (χ3n) is 2.20. The van der Waals surface area contributed by atoms with E-state index in [0.29, 0.717) is 18.3 Å². The van der Waals surface area contributed by atoms with E-state index >= 15 is 0 Å². The minimum absolute atomic E-state index is 0.504. The summed E-state index contributed by atoms with van der Waals surface area (Å²) in [4.78, 5) is 2.27. The first-order chi connectivity index (χ1) is 7.60. The zero-order chi connectivity index (χ0) is 12.1. The number of nitrogens with two attached hydrogens (primary N) is 1. The predicted molar refractivity (Wildman–Crippen MR) is 70.4 cm³/mol. The third kappa shape index (κ3) is 3.01. The van der Waals surface area contributed by atoms with Crippen molar-refractivity contribution in [1.29, 1.82) is 0 Å². The minimum atomic E-state index is 0.504. The van der Waals surface area contributed by atoms with Crippen molar-refractivity contribution in [3.8, 4) is 5.75 Å². The maximum atomic E-state index is 5.80. The first-order valence-electron chi connectivity index (χ1n) is 5.73. The van der Waals surface area contributed by atoms with Gasteiger partial charge in [0.25, 0.3) is 0 Å². The van der Waals surface area contributed by atoms with Gasteiger partial charge in [0.2, 0.25) is 0 Å². The van der Waals surface area contributed by atoms with Crippen LogP contribution in [0.25, 0.3) is 0 Å². The molecule has 0 spiro atoms. The first-order valence-corrected chi connectivity index (χ1v) is 6.50. The molecule has 0 aliphatic carbocycles. The van der Waals surface area contributed by atoms with Gasteiger partial charge in [-0.3, -0.25) is 0 Å². The van der Waals surface area contributed by atoms with Crippen LogP contribution in [0.1, 0.15) is 27.7 Å². The zero-order valence-corrected chi connectivity index (χ0v) is 11.3. The Morgan fingerprint density at radius 3 is 2.62 bits per heavy atom. The zero-order valence-electron chi connectivity index (χ0n) is 10.5. The van der Waals surface area contributed by atoms with Crippen LogP contribution in [0.3, 0.4) is 0 Å². The van der Waals surface area contributed by atoms with Crippen LogP contribution in [0.4, 0.5) is 10.8 Å². The van der Waals surface area contributed by atoms with Gasteiger partial charge in [-0.2, -0.15) is 4.37 Å². The Labute approximate surface area is 102 Å². The van der Waals surface area contributed by atoms with E-state index in [1.807, 2.05) is 6.92 Å². The molecular formula is C11H21N3OS. The van der Waals surface area contributed by atoms with Gasteiger partial charge in [0, 0.05) is 13.1 Å². The van der Waals surface area contributed by atoms with Gasteiger partial charge in [0.1, 0.15) is 0 Å². The molecule has 1 heterocycles. The van der Waals surface area contributed by atoms with E-state index in [-0.39, 0.29) is 0 Å². The molecule has 0 fully saturated rings. The van der Waals surface area contributed by atoms with E-state index in [0.717, 1.165) is 23.8 Å². The van der Waals surface area contributed by atoms with Crippen LogP contribution in [-0.2, 0) is 0 Å². The third-order valence-corrected chi connectivity index (χ3v) is 3.11. The quantitative estimate of drug-likeness (QED) is 0.834. The molecule has 1 aromatic rings. The van der Waals surface area contributed by atoms with E-state index in [1.54, 1.807) is 0 Å². The fourth-order valence-corrected chi connectivity index (χ4v) is 2.40. The van der Waals surface area contributed by atoms with Crippen LogP contribution in [0, 0.1) is 5.92 Å². The number of hydrogen-bond acceptors (Lipinski definition) is 5. The smallest absolute Gasteiger partial charge is 0.197 e. The molecule has 0 saturated carbocycles. The Kier molecular flexibility index (Phi) is 4.86. The standard InChI is InChI=1S/C11H21N3OS/c1-5-14(7-8(3)4)11-9(15-6-2)10(12)13-16-11/h8H,5-7H2,1-4H3,(H2,12,13). The van der Waals surface area contributed by atoms with Crippen molar-refractivity contribution in [1.82, 2.24) is 4.37 Å². The maximum absolute atomic E-state index is 5.80. The van der Waals surface area contributed by atoms with Gasteiger partial charge in [0.15, 0.2) is 16.6 Å². The lowest BCUT2D eigenvalue weighted by Crippen LogP contribution is -2.26. The summed E-state index contributed by atoms with van der Waals surface area (Å²) in [6.45, 7) is 11.1. The van der Waals surface area contributed by atoms with Gasteiger partial charge in [-0.05, 0) is 31.3 Å². The molecule has 4 nitrogen and oxygen atoms in total. The molecule has 5 heteroatoms. The number of nitrogens with zero attached hydrogens (tertiary/aromatic N) is 2. The first kappa shape index (κ1) is 13.1. The topological polar surface area (TPSA) is 51.4 Å². The van der Waals surface area contributed by atoms with Crippen molar-refractivity contribution in [2.45, 2.75) is 27.7 Å². The maximum Gasteiger partial charge on any atom is 0.197 e. The molecule has 0 bridgehead atoms. The summed E-state index contributed by atoms with van der Waals surface area (Å²) in [5, 5.41) is 1.05. The van der Waals surface area contributed by atoms with Crippen molar-refractivity contribution in [3.05, 3.63) is 0 Å². The molecule has 1 aromatic heterocycles. The molecule has 0 aliphatic heterocycles. The van der Waals surface area contributed by atoms with Crippen LogP contribution in [0.5, 0.6) is 5.75 Å². The van der Waals surface area contributed by atoms with Crippen molar-refractivity contribution in [3.63, 3.8) is 0 Å².